The zero-order valence-electron chi connectivity index (χ0n) is 9.61. The van der Waals surface area contributed by atoms with Gasteiger partial charge in [0.05, 0.1) is 11.1 Å². The number of rotatable bonds is 4. The fourth-order valence-electron chi connectivity index (χ4n) is 1.38. The van der Waals surface area contributed by atoms with E-state index in [2.05, 4.69) is 6.58 Å². The largest absolute Gasteiger partial charge is 0.478 e. The molecule has 0 unspecified atom stereocenters. The number of nitrogens with zero attached hydrogens (tertiary/aromatic N) is 1. The van der Waals surface area contributed by atoms with Crippen LogP contribution in [-0.4, -0.2) is 35.5 Å². The summed E-state index contributed by atoms with van der Waals surface area (Å²) in [5.41, 5.74) is -0.972. The maximum absolute atomic E-state index is 13.1. The number of amides is 1. The second kappa shape index (κ2) is 5.39. The number of halogens is 2. The zero-order chi connectivity index (χ0) is 13.9. The fourth-order valence-corrected chi connectivity index (χ4v) is 1.38. The lowest BCUT2D eigenvalue weighted by atomic mass is 10.1. The molecule has 0 aliphatic rings. The number of carboxylic acid groups (broad SMARTS) is 1. The van der Waals surface area contributed by atoms with Gasteiger partial charge in [-0.3, -0.25) is 4.79 Å². The van der Waals surface area contributed by atoms with Gasteiger partial charge in [-0.15, -0.1) is 6.58 Å². The van der Waals surface area contributed by atoms with Crippen molar-refractivity contribution in [1.82, 2.24) is 4.90 Å². The summed E-state index contributed by atoms with van der Waals surface area (Å²) in [6.07, 6.45) is 1.43. The van der Waals surface area contributed by atoms with Crippen molar-refractivity contribution in [1.29, 1.82) is 0 Å². The Morgan fingerprint density at radius 2 is 1.83 bits per heavy atom. The average molecular weight is 255 g/mol. The molecule has 0 saturated heterocycles. The molecular formula is C12H11F2NO3. The third kappa shape index (κ3) is 2.71. The molecule has 1 N–H and O–H groups in total. The van der Waals surface area contributed by atoms with E-state index in [1.54, 1.807) is 0 Å². The minimum atomic E-state index is -1.50. The van der Waals surface area contributed by atoms with Crippen LogP contribution in [0.1, 0.15) is 20.7 Å². The van der Waals surface area contributed by atoms with Crippen molar-refractivity contribution in [3.8, 4) is 0 Å². The van der Waals surface area contributed by atoms with Crippen molar-refractivity contribution in [3.63, 3.8) is 0 Å². The van der Waals surface area contributed by atoms with E-state index in [1.165, 1.54) is 13.1 Å². The number of carbonyl (C=O) groups excluding carboxylic acids is 1. The molecule has 0 heterocycles. The minimum absolute atomic E-state index is 0.164. The highest BCUT2D eigenvalue weighted by Crippen LogP contribution is 2.17. The average Bonchev–Trinajstić information content (AvgIpc) is 2.31. The lowest BCUT2D eigenvalue weighted by Gasteiger charge is -2.16. The Labute approximate surface area is 102 Å². The molecule has 1 rings (SSSR count). The van der Waals surface area contributed by atoms with Crippen LogP contribution in [0.5, 0.6) is 0 Å². The highest BCUT2D eigenvalue weighted by atomic mass is 19.2. The first-order valence-electron chi connectivity index (χ1n) is 4.97. The topological polar surface area (TPSA) is 57.6 Å². The molecule has 0 atom stereocenters. The summed E-state index contributed by atoms with van der Waals surface area (Å²) in [5, 5.41) is 8.86. The standard InChI is InChI=1S/C12H11F2NO3/c1-3-4-15(2)11(16)7-5-9(13)10(14)6-8(7)12(17)18/h3,5-6H,1,4H2,2H3,(H,17,18). The minimum Gasteiger partial charge on any atom is -0.478 e. The van der Waals surface area contributed by atoms with E-state index in [1.807, 2.05) is 0 Å². The van der Waals surface area contributed by atoms with E-state index < -0.39 is 34.6 Å². The van der Waals surface area contributed by atoms with Crippen molar-refractivity contribution in [2.24, 2.45) is 0 Å². The van der Waals surface area contributed by atoms with Gasteiger partial charge in [0.2, 0.25) is 0 Å². The molecule has 18 heavy (non-hydrogen) atoms. The molecule has 0 bridgehead atoms. The van der Waals surface area contributed by atoms with Gasteiger partial charge in [-0.2, -0.15) is 0 Å². The van der Waals surface area contributed by atoms with E-state index in [4.69, 9.17) is 5.11 Å². The highest BCUT2D eigenvalue weighted by Gasteiger charge is 2.22. The van der Waals surface area contributed by atoms with Crippen molar-refractivity contribution in [2.45, 2.75) is 0 Å². The SMILES string of the molecule is C=CCN(C)C(=O)c1cc(F)c(F)cc1C(=O)O. The van der Waals surface area contributed by atoms with Crippen molar-refractivity contribution < 1.29 is 23.5 Å². The monoisotopic (exact) mass is 255 g/mol. The molecule has 0 spiro atoms. The Morgan fingerprint density at radius 3 is 2.28 bits per heavy atom. The maximum atomic E-state index is 13.1. The molecule has 0 aromatic heterocycles. The van der Waals surface area contributed by atoms with Gasteiger partial charge in [-0.05, 0) is 12.1 Å². The summed E-state index contributed by atoms with van der Waals surface area (Å²) >= 11 is 0. The van der Waals surface area contributed by atoms with Gasteiger partial charge in [0, 0.05) is 13.6 Å². The van der Waals surface area contributed by atoms with Crippen LogP contribution in [-0.2, 0) is 0 Å². The molecule has 96 valence electrons. The molecule has 4 nitrogen and oxygen atoms in total. The summed E-state index contributed by atoms with van der Waals surface area (Å²) in [6, 6.07) is 1.08. The number of hydrogen-bond donors (Lipinski definition) is 1. The van der Waals surface area contributed by atoms with Gasteiger partial charge >= 0.3 is 5.97 Å². The van der Waals surface area contributed by atoms with Crippen molar-refractivity contribution >= 4 is 11.9 Å². The summed E-state index contributed by atoms with van der Waals surface area (Å²) in [7, 11) is 1.40. The lowest BCUT2D eigenvalue weighted by molar-refractivity contribution is 0.0682. The molecule has 0 aliphatic heterocycles. The summed E-state index contributed by atoms with van der Waals surface area (Å²) < 4.78 is 26.0. The van der Waals surface area contributed by atoms with Crippen LogP contribution in [0.4, 0.5) is 8.78 Å². The Kier molecular flexibility index (Phi) is 4.14. The Bertz CT molecular complexity index is 514. The smallest absolute Gasteiger partial charge is 0.336 e. The number of benzene rings is 1. The third-order valence-corrected chi connectivity index (χ3v) is 2.27. The number of carboxylic acids is 1. The molecule has 0 aliphatic carbocycles. The number of aromatic carboxylic acids is 1. The first-order chi connectivity index (χ1) is 8.38. The molecule has 0 radical (unpaired) electrons. The molecule has 1 aromatic carbocycles. The van der Waals surface area contributed by atoms with Crippen molar-refractivity contribution in [2.75, 3.05) is 13.6 Å². The molecule has 0 saturated carbocycles. The van der Waals surface area contributed by atoms with Gasteiger partial charge in [-0.25, -0.2) is 13.6 Å². The Hall–Kier alpha value is -2.24. The van der Waals surface area contributed by atoms with Gasteiger partial charge in [-0.1, -0.05) is 6.08 Å². The van der Waals surface area contributed by atoms with Gasteiger partial charge in [0.15, 0.2) is 11.6 Å². The highest BCUT2D eigenvalue weighted by molar-refractivity contribution is 6.04. The van der Waals surface area contributed by atoms with Crippen LogP contribution in [0.2, 0.25) is 0 Å². The van der Waals surface area contributed by atoms with E-state index in [0.29, 0.717) is 12.1 Å². The van der Waals surface area contributed by atoms with Crippen LogP contribution >= 0.6 is 0 Å². The van der Waals surface area contributed by atoms with E-state index >= 15 is 0 Å². The number of hydrogen-bond acceptors (Lipinski definition) is 2. The van der Waals surface area contributed by atoms with Gasteiger partial charge < -0.3 is 10.0 Å². The quantitative estimate of drug-likeness (QED) is 0.836. The molecule has 0 fully saturated rings. The first-order valence-corrected chi connectivity index (χ1v) is 4.97. The Morgan fingerprint density at radius 1 is 1.33 bits per heavy atom. The number of carbonyl (C=O) groups is 2. The summed E-state index contributed by atoms with van der Waals surface area (Å²) in [6.45, 7) is 3.59. The summed E-state index contributed by atoms with van der Waals surface area (Å²) in [4.78, 5) is 23.9. The fraction of sp³-hybridized carbons (Fsp3) is 0.167. The van der Waals surface area contributed by atoms with Crippen LogP contribution in [0.3, 0.4) is 0 Å². The molecular weight excluding hydrogens is 244 g/mol. The van der Waals surface area contributed by atoms with Crippen LogP contribution in [0, 0.1) is 11.6 Å². The van der Waals surface area contributed by atoms with Gasteiger partial charge in [0.25, 0.3) is 5.91 Å². The second-order valence-electron chi connectivity index (χ2n) is 3.59. The van der Waals surface area contributed by atoms with E-state index in [9.17, 15) is 18.4 Å². The van der Waals surface area contributed by atoms with Gasteiger partial charge in [0.1, 0.15) is 0 Å². The predicted octanol–water partition coefficient (Wildman–Crippen LogP) is 1.92. The van der Waals surface area contributed by atoms with Crippen molar-refractivity contribution in [3.05, 3.63) is 47.5 Å². The molecule has 1 aromatic rings. The summed E-state index contributed by atoms with van der Waals surface area (Å²) in [5.74, 6) is -4.79. The maximum Gasteiger partial charge on any atom is 0.336 e. The Balaban J connectivity index is 3.30. The second-order valence-corrected chi connectivity index (χ2v) is 3.59. The predicted molar refractivity (Wildman–Crippen MR) is 60.5 cm³/mol. The molecule has 1 amide bonds. The first kappa shape index (κ1) is 13.8. The molecule has 6 heteroatoms. The normalized spacial score (nSPS) is 9.94. The number of likely N-dealkylation sites (N-methyl/N-ethyl adjacent to an activating group) is 1. The van der Waals surface area contributed by atoms with Crippen LogP contribution in [0.25, 0.3) is 0 Å². The zero-order valence-corrected chi connectivity index (χ0v) is 9.61. The lowest BCUT2D eigenvalue weighted by Crippen LogP contribution is -2.28. The van der Waals surface area contributed by atoms with E-state index in [-0.39, 0.29) is 6.54 Å². The van der Waals surface area contributed by atoms with E-state index in [0.717, 1.165) is 4.90 Å². The van der Waals surface area contributed by atoms with Crippen LogP contribution < -0.4 is 0 Å². The third-order valence-electron chi connectivity index (χ3n) is 2.27. The van der Waals surface area contributed by atoms with Crippen LogP contribution in [0.15, 0.2) is 24.8 Å².